The van der Waals surface area contributed by atoms with Crippen LogP contribution < -0.4 is 0 Å². The number of hydrogen-bond donors (Lipinski definition) is 0. The molecule has 0 aliphatic carbocycles. The lowest BCUT2D eigenvalue weighted by atomic mass is 10.1. The number of sulfonamides is 1. The van der Waals surface area contributed by atoms with Gasteiger partial charge in [0, 0.05) is 26.7 Å². The summed E-state index contributed by atoms with van der Waals surface area (Å²) in [6.45, 7) is 5.20. The van der Waals surface area contributed by atoms with Crippen molar-refractivity contribution in [1.82, 2.24) is 9.21 Å². The van der Waals surface area contributed by atoms with E-state index < -0.39 is 10.0 Å². The maximum atomic E-state index is 13.1. The summed E-state index contributed by atoms with van der Waals surface area (Å²) >= 11 is 0. The molecule has 7 heteroatoms. The number of benzene rings is 2. The van der Waals surface area contributed by atoms with Crippen molar-refractivity contribution in [3.63, 3.8) is 0 Å². The average Bonchev–Trinajstić information content (AvgIpc) is 3.23. The van der Waals surface area contributed by atoms with Gasteiger partial charge in [-0.15, -0.1) is 0 Å². The zero-order valence-corrected chi connectivity index (χ0v) is 18.7. The molecule has 1 saturated heterocycles. The van der Waals surface area contributed by atoms with E-state index in [0.717, 1.165) is 33.8 Å². The molecular weight excluding hydrogens is 400 g/mol. The van der Waals surface area contributed by atoms with Crippen LogP contribution in [0.2, 0.25) is 0 Å². The molecule has 0 spiro atoms. The normalized spacial score (nSPS) is 16.7. The van der Waals surface area contributed by atoms with Crippen LogP contribution in [0.4, 0.5) is 0 Å². The van der Waals surface area contributed by atoms with Gasteiger partial charge in [0.15, 0.2) is 0 Å². The van der Waals surface area contributed by atoms with Gasteiger partial charge in [-0.3, -0.25) is 4.79 Å². The van der Waals surface area contributed by atoms with Gasteiger partial charge in [-0.25, -0.2) is 8.42 Å². The van der Waals surface area contributed by atoms with Gasteiger partial charge in [-0.2, -0.15) is 4.31 Å². The number of hydrogen-bond acceptors (Lipinski definition) is 4. The maximum Gasteiger partial charge on any atom is 0.243 e. The Morgan fingerprint density at radius 2 is 1.83 bits per heavy atom. The predicted molar refractivity (Wildman–Crippen MR) is 117 cm³/mol. The average molecular weight is 431 g/mol. The third-order valence-electron chi connectivity index (χ3n) is 5.56. The van der Waals surface area contributed by atoms with Gasteiger partial charge in [0.1, 0.15) is 0 Å². The summed E-state index contributed by atoms with van der Waals surface area (Å²) in [5.41, 5.74) is 2.93. The molecule has 2 aromatic rings. The van der Waals surface area contributed by atoms with Crippen molar-refractivity contribution in [3.05, 3.63) is 65.2 Å². The predicted octanol–water partition coefficient (Wildman–Crippen LogP) is 3.13. The van der Waals surface area contributed by atoms with E-state index in [1.54, 1.807) is 23.1 Å². The fourth-order valence-corrected chi connectivity index (χ4v) is 4.73. The molecule has 0 bridgehead atoms. The first-order chi connectivity index (χ1) is 14.3. The third-order valence-corrected chi connectivity index (χ3v) is 7.36. The number of amides is 1. The molecule has 1 aliphatic rings. The fraction of sp³-hybridized carbons (Fsp3) is 0.435. The highest BCUT2D eigenvalue weighted by Crippen LogP contribution is 2.19. The first kappa shape index (κ1) is 22.5. The first-order valence-corrected chi connectivity index (χ1v) is 11.7. The Labute approximate surface area is 179 Å². The van der Waals surface area contributed by atoms with Crippen LogP contribution in [0.3, 0.4) is 0 Å². The highest BCUT2D eigenvalue weighted by atomic mass is 32.2. The fourth-order valence-electron chi connectivity index (χ4n) is 3.52. The van der Waals surface area contributed by atoms with Crippen LogP contribution in [0.1, 0.15) is 29.5 Å². The van der Waals surface area contributed by atoms with Crippen molar-refractivity contribution in [2.45, 2.75) is 44.2 Å². The van der Waals surface area contributed by atoms with E-state index in [4.69, 9.17) is 4.74 Å². The van der Waals surface area contributed by atoms with Crippen LogP contribution in [0, 0.1) is 13.8 Å². The SMILES string of the molecule is Cc1ccc(S(=O)(=O)N(C)CC(=O)N(Cc2ccccc2)CC2CCCO2)cc1C. The van der Waals surface area contributed by atoms with Crippen LogP contribution >= 0.6 is 0 Å². The summed E-state index contributed by atoms with van der Waals surface area (Å²) in [5.74, 6) is -0.232. The van der Waals surface area contributed by atoms with Gasteiger partial charge >= 0.3 is 0 Å². The van der Waals surface area contributed by atoms with Gasteiger partial charge < -0.3 is 9.64 Å². The molecule has 30 heavy (non-hydrogen) atoms. The molecule has 162 valence electrons. The summed E-state index contributed by atoms with van der Waals surface area (Å²) in [7, 11) is -2.30. The van der Waals surface area contributed by atoms with Gasteiger partial charge in [0.05, 0.1) is 17.5 Å². The molecule has 1 aliphatic heterocycles. The van der Waals surface area contributed by atoms with Crippen LogP contribution in [-0.4, -0.2) is 56.4 Å². The Morgan fingerprint density at radius 3 is 2.47 bits per heavy atom. The molecule has 0 radical (unpaired) electrons. The van der Waals surface area contributed by atoms with E-state index in [1.165, 1.54) is 7.05 Å². The Morgan fingerprint density at radius 1 is 1.10 bits per heavy atom. The highest BCUT2D eigenvalue weighted by molar-refractivity contribution is 7.89. The Balaban J connectivity index is 1.75. The summed E-state index contributed by atoms with van der Waals surface area (Å²) in [4.78, 5) is 15.0. The number of rotatable bonds is 8. The van der Waals surface area contributed by atoms with Crippen LogP contribution in [0.25, 0.3) is 0 Å². The summed E-state index contributed by atoms with van der Waals surface area (Å²) in [6, 6.07) is 14.8. The smallest absolute Gasteiger partial charge is 0.243 e. The highest BCUT2D eigenvalue weighted by Gasteiger charge is 2.28. The van der Waals surface area contributed by atoms with E-state index in [9.17, 15) is 13.2 Å². The zero-order chi connectivity index (χ0) is 21.7. The van der Waals surface area contributed by atoms with E-state index in [2.05, 4.69) is 0 Å². The number of carbonyl (C=O) groups is 1. The lowest BCUT2D eigenvalue weighted by Gasteiger charge is -2.27. The number of carbonyl (C=O) groups excluding carboxylic acids is 1. The molecule has 3 rings (SSSR count). The van der Waals surface area contributed by atoms with Crippen molar-refractivity contribution in [2.75, 3.05) is 26.7 Å². The molecule has 1 heterocycles. The lowest BCUT2D eigenvalue weighted by molar-refractivity contribution is -0.133. The topological polar surface area (TPSA) is 66.9 Å². The Bertz CT molecular complexity index is 970. The largest absolute Gasteiger partial charge is 0.376 e. The van der Waals surface area contributed by atoms with Crippen molar-refractivity contribution >= 4 is 15.9 Å². The summed E-state index contributed by atoms with van der Waals surface area (Å²) in [6.07, 6.45) is 1.90. The number of aryl methyl sites for hydroxylation is 2. The second-order valence-corrected chi connectivity index (χ2v) is 9.95. The minimum absolute atomic E-state index is 0.000626. The van der Waals surface area contributed by atoms with E-state index in [0.29, 0.717) is 19.7 Å². The van der Waals surface area contributed by atoms with Gasteiger partial charge in [-0.1, -0.05) is 36.4 Å². The third kappa shape index (κ3) is 5.47. The molecule has 1 unspecified atom stereocenters. The molecule has 2 aromatic carbocycles. The first-order valence-electron chi connectivity index (χ1n) is 10.2. The number of nitrogens with zero attached hydrogens (tertiary/aromatic N) is 2. The van der Waals surface area contributed by atoms with E-state index in [1.807, 2.05) is 44.2 Å². The van der Waals surface area contributed by atoms with E-state index >= 15 is 0 Å². The van der Waals surface area contributed by atoms with Crippen molar-refractivity contribution in [1.29, 1.82) is 0 Å². The standard InChI is InChI=1S/C23H30N2O4S/c1-18-11-12-22(14-19(18)2)30(27,28)24(3)17-23(26)25(16-21-10-7-13-29-21)15-20-8-5-4-6-9-20/h4-6,8-9,11-12,14,21H,7,10,13,15-17H2,1-3H3. The second-order valence-electron chi connectivity index (χ2n) is 7.90. The number of likely N-dealkylation sites (N-methyl/N-ethyl adjacent to an activating group) is 1. The minimum Gasteiger partial charge on any atom is -0.376 e. The van der Waals surface area contributed by atoms with Crippen molar-refractivity contribution in [2.24, 2.45) is 0 Å². The molecule has 1 atom stereocenters. The zero-order valence-electron chi connectivity index (χ0n) is 17.9. The van der Waals surface area contributed by atoms with Crippen LogP contribution in [0.15, 0.2) is 53.4 Å². The molecule has 0 saturated carbocycles. The van der Waals surface area contributed by atoms with Crippen molar-refractivity contribution in [3.8, 4) is 0 Å². The molecule has 6 nitrogen and oxygen atoms in total. The minimum atomic E-state index is -3.75. The van der Waals surface area contributed by atoms with E-state index in [-0.39, 0.29) is 23.5 Å². The molecule has 0 N–H and O–H groups in total. The molecule has 0 aromatic heterocycles. The van der Waals surface area contributed by atoms with Crippen molar-refractivity contribution < 1.29 is 17.9 Å². The number of ether oxygens (including phenoxy) is 1. The second kappa shape index (κ2) is 9.73. The Hall–Kier alpha value is -2.22. The van der Waals surface area contributed by atoms with Gasteiger partial charge in [-0.05, 0) is 55.5 Å². The maximum absolute atomic E-state index is 13.1. The van der Waals surface area contributed by atoms with Crippen LogP contribution in [0.5, 0.6) is 0 Å². The molecule has 1 fully saturated rings. The quantitative estimate of drug-likeness (QED) is 0.645. The van der Waals surface area contributed by atoms with Gasteiger partial charge in [0.25, 0.3) is 0 Å². The summed E-state index contributed by atoms with van der Waals surface area (Å²) in [5, 5.41) is 0. The lowest BCUT2D eigenvalue weighted by Crippen LogP contribution is -2.43. The molecular formula is C23H30N2O4S. The van der Waals surface area contributed by atoms with Crippen LogP contribution in [-0.2, 0) is 26.1 Å². The Kier molecular flexibility index (Phi) is 7.28. The molecule has 1 amide bonds. The monoisotopic (exact) mass is 430 g/mol. The van der Waals surface area contributed by atoms with Gasteiger partial charge in [0.2, 0.25) is 15.9 Å². The summed E-state index contributed by atoms with van der Waals surface area (Å²) < 4.78 is 32.8.